The standard InChI is InChI=1S/C13H17N3O/c1-9-4-3-5-10-12(9)17-11(8-16(10)2)13-14-6-7-15-13/h3-5,11H,6-8H2,1-2H3,(H,14,15). The fraction of sp³-hybridized carbons (Fsp3) is 0.462. The highest BCUT2D eigenvalue weighted by molar-refractivity contribution is 5.89. The second-order valence-electron chi connectivity index (χ2n) is 4.60. The van der Waals surface area contributed by atoms with Crippen molar-refractivity contribution < 1.29 is 4.74 Å². The maximum atomic E-state index is 6.08. The number of nitrogens with zero attached hydrogens (tertiary/aromatic N) is 2. The van der Waals surface area contributed by atoms with Crippen LogP contribution in [0.4, 0.5) is 5.69 Å². The van der Waals surface area contributed by atoms with E-state index in [4.69, 9.17) is 4.74 Å². The van der Waals surface area contributed by atoms with Gasteiger partial charge in [-0.3, -0.25) is 4.99 Å². The van der Waals surface area contributed by atoms with Crippen LogP contribution in [0.15, 0.2) is 23.2 Å². The SMILES string of the molecule is Cc1cccc2c1OC(C1=NCCN1)CN2C. The van der Waals surface area contributed by atoms with Crippen LogP contribution in [-0.2, 0) is 0 Å². The summed E-state index contributed by atoms with van der Waals surface area (Å²) < 4.78 is 6.08. The molecule has 1 N–H and O–H groups in total. The minimum Gasteiger partial charge on any atom is -0.478 e. The number of fused-ring (bicyclic) bond motifs is 1. The highest BCUT2D eigenvalue weighted by atomic mass is 16.5. The van der Waals surface area contributed by atoms with Crippen molar-refractivity contribution >= 4 is 11.5 Å². The first-order valence-electron chi connectivity index (χ1n) is 6.01. The molecule has 3 rings (SSSR count). The first-order chi connectivity index (χ1) is 8.25. The molecule has 2 aliphatic rings. The van der Waals surface area contributed by atoms with Crippen molar-refractivity contribution in [2.24, 2.45) is 4.99 Å². The summed E-state index contributed by atoms with van der Waals surface area (Å²) in [6.07, 6.45) is 0.0381. The van der Waals surface area contributed by atoms with Crippen molar-refractivity contribution in [1.82, 2.24) is 5.32 Å². The second kappa shape index (κ2) is 3.95. The number of amidine groups is 1. The first-order valence-corrected chi connectivity index (χ1v) is 6.01. The molecule has 1 aromatic rings. The average Bonchev–Trinajstić information content (AvgIpc) is 2.84. The molecule has 2 heterocycles. The van der Waals surface area contributed by atoms with Crippen LogP contribution >= 0.6 is 0 Å². The van der Waals surface area contributed by atoms with Crippen molar-refractivity contribution in [2.45, 2.75) is 13.0 Å². The van der Waals surface area contributed by atoms with Crippen LogP contribution in [0.2, 0.25) is 0 Å². The molecule has 90 valence electrons. The van der Waals surface area contributed by atoms with E-state index in [1.54, 1.807) is 0 Å². The van der Waals surface area contributed by atoms with E-state index < -0.39 is 0 Å². The Morgan fingerprint density at radius 2 is 2.35 bits per heavy atom. The van der Waals surface area contributed by atoms with Crippen molar-refractivity contribution in [2.75, 3.05) is 31.6 Å². The molecule has 0 saturated carbocycles. The van der Waals surface area contributed by atoms with Crippen LogP contribution in [0.5, 0.6) is 5.75 Å². The van der Waals surface area contributed by atoms with E-state index in [-0.39, 0.29) is 6.10 Å². The largest absolute Gasteiger partial charge is 0.478 e. The van der Waals surface area contributed by atoms with Crippen molar-refractivity contribution in [3.8, 4) is 5.75 Å². The number of para-hydroxylation sites is 1. The highest BCUT2D eigenvalue weighted by Crippen LogP contribution is 2.35. The fourth-order valence-electron chi connectivity index (χ4n) is 2.39. The zero-order valence-electron chi connectivity index (χ0n) is 10.2. The molecule has 0 amide bonds. The third-order valence-electron chi connectivity index (χ3n) is 3.31. The van der Waals surface area contributed by atoms with Crippen LogP contribution in [0.1, 0.15) is 5.56 Å². The van der Waals surface area contributed by atoms with Crippen LogP contribution in [0.3, 0.4) is 0 Å². The van der Waals surface area contributed by atoms with Crippen LogP contribution in [0.25, 0.3) is 0 Å². The van der Waals surface area contributed by atoms with Gasteiger partial charge in [0.2, 0.25) is 0 Å². The Kier molecular flexibility index (Phi) is 2.42. The maximum Gasteiger partial charge on any atom is 0.173 e. The lowest BCUT2D eigenvalue weighted by atomic mass is 10.1. The van der Waals surface area contributed by atoms with Gasteiger partial charge in [0.25, 0.3) is 0 Å². The third kappa shape index (κ3) is 1.73. The molecule has 4 nitrogen and oxygen atoms in total. The van der Waals surface area contributed by atoms with E-state index in [0.29, 0.717) is 0 Å². The van der Waals surface area contributed by atoms with Gasteiger partial charge in [0.1, 0.15) is 11.6 Å². The molecule has 0 bridgehead atoms. The first kappa shape index (κ1) is 10.4. The van der Waals surface area contributed by atoms with E-state index in [0.717, 1.165) is 31.2 Å². The number of likely N-dealkylation sites (N-methyl/N-ethyl adjacent to an activating group) is 1. The second-order valence-corrected chi connectivity index (χ2v) is 4.60. The number of ether oxygens (including phenoxy) is 1. The number of benzene rings is 1. The van der Waals surface area contributed by atoms with E-state index in [9.17, 15) is 0 Å². The zero-order valence-corrected chi connectivity index (χ0v) is 10.2. The van der Waals surface area contributed by atoms with Gasteiger partial charge in [-0.2, -0.15) is 0 Å². The predicted molar refractivity (Wildman–Crippen MR) is 69.2 cm³/mol. The van der Waals surface area contributed by atoms with E-state index in [2.05, 4.69) is 47.4 Å². The summed E-state index contributed by atoms with van der Waals surface area (Å²) in [5.41, 5.74) is 2.34. The summed E-state index contributed by atoms with van der Waals surface area (Å²) in [4.78, 5) is 6.69. The molecule has 0 fully saturated rings. The summed E-state index contributed by atoms with van der Waals surface area (Å²) in [5, 5.41) is 3.30. The van der Waals surface area contributed by atoms with Crippen LogP contribution < -0.4 is 15.0 Å². The van der Waals surface area contributed by atoms with Gasteiger partial charge in [-0.25, -0.2) is 0 Å². The molecule has 0 spiro atoms. The van der Waals surface area contributed by atoms with Crippen LogP contribution in [-0.4, -0.2) is 38.6 Å². The van der Waals surface area contributed by atoms with Gasteiger partial charge >= 0.3 is 0 Å². The monoisotopic (exact) mass is 231 g/mol. The molecule has 1 aromatic carbocycles. The molecule has 0 aliphatic carbocycles. The summed E-state index contributed by atoms with van der Waals surface area (Å²) >= 11 is 0. The third-order valence-corrected chi connectivity index (χ3v) is 3.31. The molecule has 4 heteroatoms. The van der Waals surface area contributed by atoms with E-state index in [1.165, 1.54) is 11.3 Å². The Morgan fingerprint density at radius 3 is 3.12 bits per heavy atom. The quantitative estimate of drug-likeness (QED) is 0.789. The number of aryl methyl sites for hydroxylation is 1. The molecule has 0 radical (unpaired) electrons. The molecule has 0 aromatic heterocycles. The fourth-order valence-corrected chi connectivity index (χ4v) is 2.39. The number of anilines is 1. The minimum atomic E-state index is 0.0381. The van der Waals surface area contributed by atoms with Gasteiger partial charge in [0, 0.05) is 13.6 Å². The van der Waals surface area contributed by atoms with Crippen molar-refractivity contribution in [1.29, 1.82) is 0 Å². The summed E-state index contributed by atoms with van der Waals surface area (Å²) in [7, 11) is 2.10. The van der Waals surface area contributed by atoms with Crippen LogP contribution in [0, 0.1) is 6.92 Å². The van der Waals surface area contributed by atoms with Gasteiger partial charge in [0.05, 0.1) is 18.8 Å². The van der Waals surface area contributed by atoms with E-state index >= 15 is 0 Å². The van der Waals surface area contributed by atoms with Gasteiger partial charge in [-0.15, -0.1) is 0 Å². The number of rotatable bonds is 1. The lowest BCUT2D eigenvalue weighted by Crippen LogP contribution is -2.46. The molecule has 17 heavy (non-hydrogen) atoms. The summed E-state index contributed by atoms with van der Waals surface area (Å²) in [6.45, 7) is 4.72. The minimum absolute atomic E-state index is 0.0381. The van der Waals surface area contributed by atoms with Gasteiger partial charge in [-0.05, 0) is 18.6 Å². The Hall–Kier alpha value is -1.71. The molecule has 0 saturated heterocycles. The van der Waals surface area contributed by atoms with Gasteiger partial charge < -0.3 is 15.0 Å². The predicted octanol–water partition coefficient (Wildman–Crippen LogP) is 1.19. The molecular formula is C13H17N3O. The number of aliphatic imine (C=N–C) groups is 1. The van der Waals surface area contributed by atoms with Crippen molar-refractivity contribution in [3.63, 3.8) is 0 Å². The number of hydrogen-bond acceptors (Lipinski definition) is 4. The van der Waals surface area contributed by atoms with Crippen molar-refractivity contribution in [3.05, 3.63) is 23.8 Å². The van der Waals surface area contributed by atoms with E-state index in [1.807, 2.05) is 0 Å². The highest BCUT2D eigenvalue weighted by Gasteiger charge is 2.29. The lowest BCUT2D eigenvalue weighted by Gasteiger charge is -2.34. The lowest BCUT2D eigenvalue weighted by molar-refractivity contribution is 0.254. The molecule has 2 aliphatic heterocycles. The number of hydrogen-bond donors (Lipinski definition) is 1. The summed E-state index contributed by atoms with van der Waals surface area (Å²) in [5.74, 6) is 1.98. The zero-order chi connectivity index (χ0) is 11.8. The van der Waals surface area contributed by atoms with Gasteiger partial charge in [-0.1, -0.05) is 12.1 Å². The Balaban J connectivity index is 1.94. The smallest absolute Gasteiger partial charge is 0.173 e. The average molecular weight is 231 g/mol. The Labute approximate surface area is 101 Å². The summed E-state index contributed by atoms with van der Waals surface area (Å²) in [6, 6.07) is 6.25. The maximum absolute atomic E-state index is 6.08. The number of nitrogens with one attached hydrogen (secondary N) is 1. The topological polar surface area (TPSA) is 36.9 Å². The normalized spacial score (nSPS) is 22.6. The van der Waals surface area contributed by atoms with Gasteiger partial charge in [0.15, 0.2) is 6.10 Å². The molecule has 1 atom stereocenters. The Morgan fingerprint density at radius 1 is 1.47 bits per heavy atom. The Bertz CT molecular complexity index is 470. The molecular weight excluding hydrogens is 214 g/mol. The molecule has 1 unspecified atom stereocenters.